The van der Waals surface area contributed by atoms with Crippen molar-refractivity contribution in [2.24, 2.45) is 0 Å². The van der Waals surface area contributed by atoms with E-state index in [4.69, 9.17) is 23.2 Å². The van der Waals surface area contributed by atoms with Crippen LogP contribution in [0.25, 0.3) is 0 Å². The van der Waals surface area contributed by atoms with Crippen LogP contribution in [0.1, 0.15) is 11.1 Å². The molecule has 112 valence electrons. The zero-order chi connectivity index (χ0) is 15.3. The van der Waals surface area contributed by atoms with Crippen LogP contribution in [0.4, 0.5) is 0 Å². The van der Waals surface area contributed by atoms with Gasteiger partial charge in [0.1, 0.15) is 0 Å². The number of aryl methyl sites for hydroxylation is 2. The highest BCUT2D eigenvalue weighted by Crippen LogP contribution is 2.18. The lowest BCUT2D eigenvalue weighted by Crippen LogP contribution is -2.15. The molecule has 0 aliphatic heterocycles. The summed E-state index contributed by atoms with van der Waals surface area (Å²) in [5.41, 5.74) is 1.72. The van der Waals surface area contributed by atoms with Crippen molar-refractivity contribution in [2.75, 3.05) is 11.5 Å². The fraction of sp³-hybridized carbons (Fsp3) is 0.250. The maximum atomic E-state index is 12.1. The molecule has 2 nitrogen and oxygen atoms in total. The molecule has 0 spiro atoms. The van der Waals surface area contributed by atoms with E-state index in [0.29, 0.717) is 22.9 Å². The SMILES string of the molecule is O=S(=O)(CCc1ccccc1Cl)CCc1ccccc1Cl. The summed E-state index contributed by atoms with van der Waals surface area (Å²) in [6.07, 6.45) is 0.870. The van der Waals surface area contributed by atoms with Crippen LogP contribution in [0.15, 0.2) is 48.5 Å². The van der Waals surface area contributed by atoms with E-state index in [1.807, 2.05) is 36.4 Å². The van der Waals surface area contributed by atoms with Gasteiger partial charge in [0.25, 0.3) is 0 Å². The lowest BCUT2D eigenvalue weighted by atomic mass is 10.2. The smallest absolute Gasteiger partial charge is 0.150 e. The summed E-state index contributed by atoms with van der Waals surface area (Å²) in [6, 6.07) is 14.6. The van der Waals surface area contributed by atoms with Gasteiger partial charge in [0.2, 0.25) is 0 Å². The second-order valence-electron chi connectivity index (χ2n) is 4.83. The minimum Gasteiger partial charge on any atom is -0.229 e. The third-order valence-corrected chi connectivity index (χ3v) is 5.67. The Kier molecular flexibility index (Phi) is 5.68. The maximum Gasteiger partial charge on any atom is 0.150 e. The van der Waals surface area contributed by atoms with Crippen molar-refractivity contribution in [2.45, 2.75) is 12.8 Å². The highest BCUT2D eigenvalue weighted by Gasteiger charge is 2.13. The van der Waals surface area contributed by atoms with Crippen LogP contribution < -0.4 is 0 Å². The first-order chi connectivity index (χ1) is 9.98. The quantitative estimate of drug-likeness (QED) is 0.788. The first-order valence-electron chi connectivity index (χ1n) is 6.65. The summed E-state index contributed by atoms with van der Waals surface area (Å²) in [6.45, 7) is 0. The molecule has 0 saturated heterocycles. The van der Waals surface area contributed by atoms with Gasteiger partial charge < -0.3 is 0 Å². The molecular formula is C16H16Cl2O2S. The number of sulfone groups is 1. The molecule has 2 aromatic carbocycles. The van der Waals surface area contributed by atoms with E-state index < -0.39 is 9.84 Å². The Morgan fingerprint density at radius 3 is 1.48 bits per heavy atom. The van der Waals surface area contributed by atoms with Crippen LogP contribution in [0.5, 0.6) is 0 Å². The Labute approximate surface area is 135 Å². The van der Waals surface area contributed by atoms with Crippen LogP contribution in [0, 0.1) is 0 Å². The molecule has 21 heavy (non-hydrogen) atoms. The summed E-state index contributed by atoms with van der Waals surface area (Å²) in [4.78, 5) is 0. The van der Waals surface area contributed by atoms with E-state index in [1.54, 1.807) is 12.1 Å². The average Bonchev–Trinajstić information content (AvgIpc) is 2.46. The first kappa shape index (κ1) is 16.3. The number of hydrogen-bond acceptors (Lipinski definition) is 2. The molecule has 0 unspecified atom stereocenters. The maximum absolute atomic E-state index is 12.1. The van der Waals surface area contributed by atoms with Gasteiger partial charge in [0, 0.05) is 10.0 Å². The molecule has 5 heteroatoms. The molecule has 0 heterocycles. The summed E-state index contributed by atoms with van der Waals surface area (Å²) in [5.74, 6) is 0.197. The van der Waals surface area contributed by atoms with E-state index in [1.165, 1.54) is 0 Å². The fourth-order valence-electron chi connectivity index (χ4n) is 2.04. The lowest BCUT2D eigenvalue weighted by molar-refractivity contribution is 0.594. The second-order valence-corrected chi connectivity index (χ2v) is 7.95. The van der Waals surface area contributed by atoms with Gasteiger partial charge in [-0.2, -0.15) is 0 Å². The summed E-state index contributed by atoms with van der Waals surface area (Å²) < 4.78 is 24.2. The van der Waals surface area contributed by atoms with Crippen molar-refractivity contribution < 1.29 is 8.42 Å². The largest absolute Gasteiger partial charge is 0.229 e. The van der Waals surface area contributed by atoms with Gasteiger partial charge >= 0.3 is 0 Å². The van der Waals surface area contributed by atoms with E-state index in [0.717, 1.165) is 11.1 Å². The Bertz CT molecular complexity index is 656. The number of benzene rings is 2. The molecule has 0 amide bonds. The van der Waals surface area contributed by atoms with E-state index in [9.17, 15) is 8.42 Å². The van der Waals surface area contributed by atoms with Gasteiger partial charge in [-0.3, -0.25) is 0 Å². The zero-order valence-corrected chi connectivity index (χ0v) is 13.8. The fourth-order valence-corrected chi connectivity index (χ4v) is 3.76. The standard InChI is InChI=1S/C16H16Cl2O2S/c17-15-7-3-1-5-13(15)9-11-21(19,20)12-10-14-6-2-4-8-16(14)18/h1-8H,9-12H2. The van der Waals surface area contributed by atoms with Crippen molar-refractivity contribution in [3.8, 4) is 0 Å². The molecular weight excluding hydrogens is 327 g/mol. The van der Waals surface area contributed by atoms with Crippen LogP contribution in [-0.2, 0) is 22.7 Å². The Morgan fingerprint density at radius 2 is 1.10 bits per heavy atom. The number of hydrogen-bond donors (Lipinski definition) is 0. The van der Waals surface area contributed by atoms with Crippen molar-refractivity contribution in [1.29, 1.82) is 0 Å². The molecule has 2 rings (SSSR count). The minimum absolute atomic E-state index is 0.0984. The van der Waals surface area contributed by atoms with Crippen LogP contribution in [0.3, 0.4) is 0 Å². The molecule has 0 atom stereocenters. The second kappa shape index (κ2) is 7.30. The van der Waals surface area contributed by atoms with Crippen molar-refractivity contribution in [3.05, 3.63) is 69.7 Å². The third kappa shape index (κ3) is 5.03. The monoisotopic (exact) mass is 342 g/mol. The van der Waals surface area contributed by atoms with Crippen LogP contribution in [0.2, 0.25) is 10.0 Å². The Morgan fingerprint density at radius 1 is 0.714 bits per heavy atom. The van der Waals surface area contributed by atoms with E-state index in [-0.39, 0.29) is 11.5 Å². The predicted molar refractivity (Wildman–Crippen MR) is 89.0 cm³/mol. The van der Waals surface area contributed by atoms with E-state index >= 15 is 0 Å². The average molecular weight is 343 g/mol. The summed E-state index contributed by atoms with van der Waals surface area (Å²) in [7, 11) is -3.13. The summed E-state index contributed by atoms with van der Waals surface area (Å²) >= 11 is 12.1. The van der Waals surface area contributed by atoms with Gasteiger partial charge in [-0.25, -0.2) is 8.42 Å². The number of rotatable bonds is 6. The molecule has 0 radical (unpaired) electrons. The molecule has 0 fully saturated rings. The van der Waals surface area contributed by atoms with Gasteiger partial charge in [-0.05, 0) is 36.1 Å². The Hall–Kier alpha value is -1.03. The Balaban J connectivity index is 1.94. The highest BCUT2D eigenvalue weighted by atomic mass is 35.5. The normalized spacial score (nSPS) is 11.5. The third-order valence-electron chi connectivity index (χ3n) is 3.28. The highest BCUT2D eigenvalue weighted by molar-refractivity contribution is 7.91. The van der Waals surface area contributed by atoms with Crippen molar-refractivity contribution in [3.63, 3.8) is 0 Å². The van der Waals surface area contributed by atoms with Gasteiger partial charge in [-0.1, -0.05) is 59.6 Å². The number of halogens is 2. The van der Waals surface area contributed by atoms with Crippen LogP contribution in [-0.4, -0.2) is 19.9 Å². The van der Waals surface area contributed by atoms with Gasteiger partial charge in [0.05, 0.1) is 11.5 Å². The minimum atomic E-state index is -3.13. The lowest BCUT2D eigenvalue weighted by Gasteiger charge is -2.07. The van der Waals surface area contributed by atoms with Crippen molar-refractivity contribution in [1.82, 2.24) is 0 Å². The first-order valence-corrected chi connectivity index (χ1v) is 9.23. The zero-order valence-electron chi connectivity index (χ0n) is 11.4. The molecule has 0 N–H and O–H groups in total. The molecule has 0 aromatic heterocycles. The molecule has 0 saturated carbocycles. The summed E-state index contributed by atoms with van der Waals surface area (Å²) in [5, 5.41) is 1.22. The van der Waals surface area contributed by atoms with E-state index in [2.05, 4.69) is 0 Å². The van der Waals surface area contributed by atoms with Gasteiger partial charge in [0.15, 0.2) is 9.84 Å². The van der Waals surface area contributed by atoms with Gasteiger partial charge in [-0.15, -0.1) is 0 Å². The molecule has 2 aromatic rings. The molecule has 0 aliphatic carbocycles. The predicted octanol–water partition coefficient (Wildman–Crippen LogP) is 4.19. The molecule has 0 bridgehead atoms. The van der Waals surface area contributed by atoms with Crippen LogP contribution >= 0.6 is 23.2 Å². The van der Waals surface area contributed by atoms with Crippen molar-refractivity contribution >= 4 is 33.0 Å². The molecule has 0 aliphatic rings. The topological polar surface area (TPSA) is 34.1 Å².